The van der Waals surface area contributed by atoms with Crippen molar-refractivity contribution in [1.29, 1.82) is 0 Å². The number of H-pyrrole nitrogens is 2. The van der Waals surface area contributed by atoms with Crippen LogP contribution in [0, 0.1) is 0 Å². The van der Waals surface area contributed by atoms with E-state index < -0.39 is 0 Å². The first-order valence-corrected chi connectivity index (χ1v) is 8.90. The predicted molar refractivity (Wildman–Crippen MR) is 96.6 cm³/mol. The van der Waals surface area contributed by atoms with Crippen LogP contribution in [0.15, 0.2) is 30.6 Å². The Hall–Kier alpha value is -2.63. The molecule has 3 aromatic rings. The van der Waals surface area contributed by atoms with Crippen molar-refractivity contribution in [3.8, 4) is 0 Å². The van der Waals surface area contributed by atoms with Gasteiger partial charge in [0.2, 0.25) is 0 Å². The zero-order valence-electron chi connectivity index (χ0n) is 14.6. The van der Waals surface area contributed by atoms with Crippen LogP contribution in [0.5, 0.6) is 0 Å². The Kier molecular flexibility index (Phi) is 4.03. The number of fused-ring (bicyclic) bond motifs is 1. The minimum Gasteiger partial charge on any atom is -0.348 e. The van der Waals surface area contributed by atoms with Crippen LogP contribution < -0.4 is 0 Å². The maximum atomic E-state index is 12.9. The van der Waals surface area contributed by atoms with Crippen LogP contribution in [0.1, 0.15) is 60.4 Å². The van der Waals surface area contributed by atoms with Gasteiger partial charge in [-0.2, -0.15) is 5.10 Å². The molecule has 0 spiro atoms. The molecule has 130 valence electrons. The van der Waals surface area contributed by atoms with Crippen LogP contribution >= 0.6 is 0 Å². The molecule has 4 rings (SSSR count). The van der Waals surface area contributed by atoms with E-state index in [0.717, 1.165) is 42.5 Å². The largest absolute Gasteiger partial charge is 0.348 e. The van der Waals surface area contributed by atoms with E-state index in [4.69, 9.17) is 0 Å². The van der Waals surface area contributed by atoms with Gasteiger partial charge in [0, 0.05) is 30.1 Å². The number of carbonyl (C=O) groups excluding carboxylic acids is 1. The molecular formula is C19H23N5O. The Bertz CT molecular complexity index is 886. The van der Waals surface area contributed by atoms with Crippen molar-refractivity contribution in [1.82, 2.24) is 25.1 Å². The Morgan fingerprint density at radius 3 is 2.76 bits per heavy atom. The Labute approximate surface area is 146 Å². The monoisotopic (exact) mass is 337 g/mol. The van der Waals surface area contributed by atoms with Crippen molar-refractivity contribution in [2.45, 2.75) is 38.5 Å². The molecular weight excluding hydrogens is 314 g/mol. The molecule has 1 saturated heterocycles. The minimum atomic E-state index is 0.0181. The minimum absolute atomic E-state index is 0.0181. The van der Waals surface area contributed by atoms with Gasteiger partial charge in [-0.05, 0) is 24.8 Å². The van der Waals surface area contributed by atoms with Gasteiger partial charge in [-0.3, -0.25) is 9.89 Å². The maximum absolute atomic E-state index is 12.9. The van der Waals surface area contributed by atoms with E-state index in [0.29, 0.717) is 17.5 Å². The third kappa shape index (κ3) is 2.81. The highest BCUT2D eigenvalue weighted by Crippen LogP contribution is 2.32. The second-order valence-electron chi connectivity index (χ2n) is 7.04. The number of aromatic amines is 2. The molecule has 2 N–H and O–H groups in total. The average molecular weight is 337 g/mol. The van der Waals surface area contributed by atoms with Crippen LogP contribution in [0.25, 0.3) is 10.9 Å². The van der Waals surface area contributed by atoms with Crippen LogP contribution in [0.4, 0.5) is 0 Å². The van der Waals surface area contributed by atoms with Crippen molar-refractivity contribution in [3.05, 3.63) is 47.7 Å². The average Bonchev–Trinajstić information content (AvgIpc) is 3.28. The van der Waals surface area contributed by atoms with Crippen molar-refractivity contribution < 1.29 is 4.79 Å². The Morgan fingerprint density at radius 2 is 2.00 bits per heavy atom. The van der Waals surface area contributed by atoms with Gasteiger partial charge in [0.15, 0.2) is 5.69 Å². The molecule has 6 nitrogen and oxygen atoms in total. The van der Waals surface area contributed by atoms with Crippen LogP contribution in [-0.2, 0) is 0 Å². The van der Waals surface area contributed by atoms with Gasteiger partial charge in [-0.25, -0.2) is 4.98 Å². The number of rotatable bonds is 3. The number of amides is 1. The van der Waals surface area contributed by atoms with Gasteiger partial charge in [-0.1, -0.05) is 32.0 Å². The topological polar surface area (TPSA) is 77.7 Å². The fourth-order valence-corrected chi connectivity index (χ4v) is 3.75. The van der Waals surface area contributed by atoms with E-state index >= 15 is 0 Å². The summed E-state index contributed by atoms with van der Waals surface area (Å²) in [7, 11) is 0. The third-order valence-electron chi connectivity index (χ3n) is 5.11. The Morgan fingerprint density at radius 1 is 1.24 bits per heavy atom. The van der Waals surface area contributed by atoms with Gasteiger partial charge >= 0.3 is 0 Å². The second kappa shape index (κ2) is 6.35. The third-order valence-corrected chi connectivity index (χ3v) is 5.11. The summed E-state index contributed by atoms with van der Waals surface area (Å²) in [5.41, 5.74) is 3.83. The van der Waals surface area contributed by atoms with Crippen molar-refractivity contribution in [2.24, 2.45) is 0 Å². The molecule has 1 aliphatic heterocycles. The molecule has 1 aromatic carbocycles. The molecule has 0 atom stereocenters. The molecule has 1 amide bonds. The van der Waals surface area contributed by atoms with Crippen LogP contribution in [0.2, 0.25) is 0 Å². The van der Waals surface area contributed by atoms with E-state index in [1.54, 1.807) is 6.33 Å². The normalized spacial score (nSPS) is 16.0. The van der Waals surface area contributed by atoms with E-state index in [1.807, 2.05) is 29.2 Å². The second-order valence-corrected chi connectivity index (χ2v) is 7.04. The van der Waals surface area contributed by atoms with Crippen molar-refractivity contribution in [3.63, 3.8) is 0 Å². The summed E-state index contributed by atoms with van der Waals surface area (Å²) in [6.07, 6.45) is 3.70. The molecule has 1 aliphatic rings. The number of aromatic nitrogens is 4. The quantitative estimate of drug-likeness (QED) is 0.768. The lowest BCUT2D eigenvalue weighted by Crippen LogP contribution is -2.38. The number of nitrogens with one attached hydrogen (secondary N) is 2. The first-order valence-electron chi connectivity index (χ1n) is 8.90. The number of benzene rings is 1. The summed E-state index contributed by atoms with van der Waals surface area (Å²) in [5.74, 6) is 0.876. The number of nitrogens with zero attached hydrogens (tertiary/aromatic N) is 3. The molecule has 0 unspecified atom stereocenters. The van der Waals surface area contributed by atoms with Gasteiger partial charge in [0.1, 0.15) is 0 Å². The van der Waals surface area contributed by atoms with Crippen molar-refractivity contribution >= 4 is 16.8 Å². The summed E-state index contributed by atoms with van der Waals surface area (Å²) in [5, 5.41) is 8.09. The highest BCUT2D eigenvalue weighted by atomic mass is 16.2. The van der Waals surface area contributed by atoms with Gasteiger partial charge < -0.3 is 9.88 Å². The summed E-state index contributed by atoms with van der Waals surface area (Å²) >= 11 is 0. The van der Waals surface area contributed by atoms with Crippen LogP contribution in [-0.4, -0.2) is 44.1 Å². The first kappa shape index (κ1) is 15.9. The van der Waals surface area contributed by atoms with Gasteiger partial charge in [-0.15, -0.1) is 0 Å². The molecule has 0 saturated carbocycles. The fraction of sp³-hybridized carbons (Fsp3) is 0.421. The number of hydrogen-bond donors (Lipinski definition) is 2. The Balaban J connectivity index is 1.48. The number of carbonyl (C=O) groups is 1. The van der Waals surface area contributed by atoms with E-state index in [2.05, 4.69) is 34.0 Å². The number of hydrogen-bond acceptors (Lipinski definition) is 3. The molecule has 3 heterocycles. The lowest BCUT2D eigenvalue weighted by molar-refractivity contribution is 0.0708. The lowest BCUT2D eigenvalue weighted by Gasteiger charge is -2.31. The predicted octanol–water partition coefficient (Wildman–Crippen LogP) is 3.43. The summed E-state index contributed by atoms with van der Waals surface area (Å²) in [4.78, 5) is 22.6. The molecule has 6 heteroatoms. The maximum Gasteiger partial charge on any atom is 0.274 e. The summed E-state index contributed by atoms with van der Waals surface area (Å²) in [6, 6.07) is 7.76. The summed E-state index contributed by atoms with van der Waals surface area (Å²) in [6.45, 7) is 5.84. The lowest BCUT2D eigenvalue weighted by atomic mass is 9.90. The number of imidazole rings is 1. The standard InChI is InChI=1S/C19H23N5O/c1-12(2)16-17(21-11-20-16)13-7-9-24(10-8-13)19(25)18-14-5-3-4-6-15(14)22-23-18/h3-6,11-13H,7-10H2,1-2H3,(H,20,21)(H,22,23). The number of piperidine rings is 1. The molecule has 1 fully saturated rings. The highest BCUT2D eigenvalue weighted by molar-refractivity contribution is 6.04. The van der Waals surface area contributed by atoms with Gasteiger partial charge in [0.05, 0.1) is 17.5 Å². The van der Waals surface area contributed by atoms with Gasteiger partial charge in [0.25, 0.3) is 5.91 Å². The number of para-hydroxylation sites is 1. The fourth-order valence-electron chi connectivity index (χ4n) is 3.75. The van der Waals surface area contributed by atoms with E-state index in [-0.39, 0.29) is 5.91 Å². The van der Waals surface area contributed by atoms with Crippen LogP contribution in [0.3, 0.4) is 0 Å². The zero-order chi connectivity index (χ0) is 17.4. The van der Waals surface area contributed by atoms with E-state index in [1.165, 1.54) is 5.69 Å². The molecule has 0 bridgehead atoms. The summed E-state index contributed by atoms with van der Waals surface area (Å²) < 4.78 is 0. The molecule has 2 aromatic heterocycles. The highest BCUT2D eigenvalue weighted by Gasteiger charge is 2.29. The van der Waals surface area contributed by atoms with Crippen molar-refractivity contribution in [2.75, 3.05) is 13.1 Å². The zero-order valence-corrected chi connectivity index (χ0v) is 14.6. The molecule has 25 heavy (non-hydrogen) atoms. The first-order chi connectivity index (χ1) is 12.1. The molecule has 0 aliphatic carbocycles. The molecule has 0 radical (unpaired) electrons. The smallest absolute Gasteiger partial charge is 0.274 e. The number of likely N-dealkylation sites (tertiary alicyclic amines) is 1. The van der Waals surface area contributed by atoms with E-state index in [9.17, 15) is 4.79 Å². The SMILES string of the molecule is CC(C)c1nc[nH]c1C1CCN(C(=O)c2n[nH]c3ccccc23)CC1.